The van der Waals surface area contributed by atoms with Crippen LogP contribution in [0.1, 0.15) is 58.9 Å². The molecule has 130 valence electrons. The van der Waals surface area contributed by atoms with Gasteiger partial charge in [-0.15, -0.1) is 0 Å². The van der Waals surface area contributed by atoms with Gasteiger partial charge in [-0.05, 0) is 82.9 Å². The van der Waals surface area contributed by atoms with Crippen molar-refractivity contribution in [3.63, 3.8) is 0 Å². The summed E-state index contributed by atoms with van der Waals surface area (Å²) >= 11 is 0. The maximum atomic E-state index is 14.9. The SMILES string of the molecule is CC1(C)OB(C(F)=C2CCC(Cc3cccnc3)CC2)OC1(C)C. The molecule has 5 heteroatoms. The lowest BCUT2D eigenvalue weighted by molar-refractivity contribution is 0.00578. The second kappa shape index (κ2) is 6.60. The topological polar surface area (TPSA) is 31.4 Å². The minimum Gasteiger partial charge on any atom is -0.398 e. The number of halogens is 1. The van der Waals surface area contributed by atoms with Crippen LogP contribution in [0.2, 0.25) is 0 Å². The van der Waals surface area contributed by atoms with Crippen LogP contribution in [-0.2, 0) is 15.7 Å². The van der Waals surface area contributed by atoms with Gasteiger partial charge in [0, 0.05) is 12.4 Å². The number of aromatic nitrogens is 1. The lowest BCUT2D eigenvalue weighted by atomic mass is 9.76. The molecule has 1 saturated carbocycles. The van der Waals surface area contributed by atoms with E-state index in [0.29, 0.717) is 5.92 Å². The van der Waals surface area contributed by atoms with Crippen molar-refractivity contribution in [2.45, 2.75) is 71.0 Å². The van der Waals surface area contributed by atoms with E-state index in [1.807, 2.05) is 40.0 Å². The first-order chi connectivity index (χ1) is 11.3. The zero-order valence-electron chi connectivity index (χ0n) is 15.1. The first-order valence-corrected chi connectivity index (χ1v) is 8.90. The summed E-state index contributed by atoms with van der Waals surface area (Å²) in [6.07, 6.45) is 8.36. The maximum Gasteiger partial charge on any atom is 0.525 e. The molecule has 0 aromatic carbocycles. The van der Waals surface area contributed by atoms with Crippen LogP contribution in [0.4, 0.5) is 4.39 Å². The Bertz CT molecular complexity index is 589. The molecule has 24 heavy (non-hydrogen) atoms. The van der Waals surface area contributed by atoms with Gasteiger partial charge in [0.05, 0.1) is 11.2 Å². The molecular formula is C19H27BFNO2. The second-order valence-corrected chi connectivity index (χ2v) is 8.05. The van der Waals surface area contributed by atoms with Crippen LogP contribution in [0.15, 0.2) is 35.8 Å². The predicted molar refractivity (Wildman–Crippen MR) is 94.1 cm³/mol. The molecule has 3 rings (SSSR count). The van der Waals surface area contributed by atoms with Crippen LogP contribution in [0.5, 0.6) is 0 Å². The fourth-order valence-corrected chi connectivity index (χ4v) is 3.43. The monoisotopic (exact) mass is 331 g/mol. The highest BCUT2D eigenvalue weighted by molar-refractivity contribution is 6.53. The molecule has 2 fully saturated rings. The van der Waals surface area contributed by atoms with Gasteiger partial charge in [-0.2, -0.15) is 0 Å². The summed E-state index contributed by atoms with van der Waals surface area (Å²) in [6, 6.07) is 4.09. The molecule has 0 spiro atoms. The minimum absolute atomic E-state index is 0.200. The highest BCUT2D eigenvalue weighted by Gasteiger charge is 2.53. The third kappa shape index (κ3) is 3.57. The molecule has 1 aromatic heterocycles. The van der Waals surface area contributed by atoms with Crippen LogP contribution in [0.25, 0.3) is 0 Å². The summed E-state index contributed by atoms with van der Waals surface area (Å²) < 4.78 is 26.5. The molecular weight excluding hydrogens is 304 g/mol. The third-order valence-corrected chi connectivity index (χ3v) is 5.75. The molecule has 2 heterocycles. The minimum atomic E-state index is -0.847. The summed E-state index contributed by atoms with van der Waals surface area (Å²) in [4.78, 5) is 4.17. The Kier molecular flexibility index (Phi) is 4.85. The second-order valence-electron chi connectivity index (χ2n) is 8.05. The normalized spacial score (nSPS) is 25.8. The molecule has 3 nitrogen and oxygen atoms in total. The number of hydrogen-bond acceptors (Lipinski definition) is 3. The molecule has 0 amide bonds. The highest BCUT2D eigenvalue weighted by Crippen LogP contribution is 2.41. The molecule has 1 aliphatic carbocycles. The van der Waals surface area contributed by atoms with Crippen molar-refractivity contribution in [2.75, 3.05) is 0 Å². The van der Waals surface area contributed by atoms with Gasteiger partial charge in [0.2, 0.25) is 0 Å². The molecule has 1 aliphatic heterocycles. The highest BCUT2D eigenvalue weighted by atomic mass is 19.1. The van der Waals surface area contributed by atoms with Gasteiger partial charge < -0.3 is 9.31 Å². The van der Waals surface area contributed by atoms with E-state index in [-0.39, 0.29) is 5.73 Å². The molecule has 0 radical (unpaired) electrons. The van der Waals surface area contributed by atoms with Gasteiger partial charge in [-0.1, -0.05) is 6.07 Å². The van der Waals surface area contributed by atoms with Gasteiger partial charge in [-0.3, -0.25) is 4.98 Å². The average molecular weight is 331 g/mol. The van der Waals surface area contributed by atoms with Crippen molar-refractivity contribution < 1.29 is 13.7 Å². The van der Waals surface area contributed by atoms with Crippen LogP contribution < -0.4 is 0 Å². The number of hydrogen-bond donors (Lipinski definition) is 0. The van der Waals surface area contributed by atoms with Crippen molar-refractivity contribution >= 4 is 7.12 Å². The lowest BCUT2D eigenvalue weighted by Gasteiger charge is -2.32. The van der Waals surface area contributed by atoms with E-state index in [4.69, 9.17) is 9.31 Å². The summed E-state index contributed by atoms with van der Waals surface area (Å²) in [7, 11) is -0.847. The first-order valence-electron chi connectivity index (χ1n) is 8.90. The van der Waals surface area contributed by atoms with Crippen molar-refractivity contribution in [1.82, 2.24) is 4.98 Å². The van der Waals surface area contributed by atoms with Gasteiger partial charge >= 0.3 is 7.12 Å². The van der Waals surface area contributed by atoms with E-state index in [1.54, 1.807) is 6.20 Å². The Balaban J connectivity index is 1.60. The summed E-state index contributed by atoms with van der Waals surface area (Å²) in [5.41, 5.74) is 0.950. The largest absolute Gasteiger partial charge is 0.525 e. The van der Waals surface area contributed by atoms with Gasteiger partial charge in [0.15, 0.2) is 0 Å². The smallest absolute Gasteiger partial charge is 0.398 e. The predicted octanol–water partition coefficient (Wildman–Crippen LogP) is 4.67. The summed E-state index contributed by atoms with van der Waals surface area (Å²) in [6.45, 7) is 7.82. The van der Waals surface area contributed by atoms with Gasteiger partial charge in [-0.25, -0.2) is 4.39 Å². The Hall–Kier alpha value is -1.20. The van der Waals surface area contributed by atoms with E-state index in [1.165, 1.54) is 5.56 Å². The molecule has 2 aliphatic rings. The fourth-order valence-electron chi connectivity index (χ4n) is 3.43. The molecule has 1 saturated heterocycles. The van der Waals surface area contributed by atoms with E-state index >= 15 is 0 Å². The number of pyridine rings is 1. The van der Waals surface area contributed by atoms with E-state index in [9.17, 15) is 4.39 Å². The summed E-state index contributed by atoms with van der Waals surface area (Å²) in [5.74, 6) is 0.601. The molecule has 0 bridgehead atoms. The first kappa shape index (κ1) is 17.6. The molecule has 0 atom stereocenters. The fraction of sp³-hybridized carbons (Fsp3) is 0.632. The number of nitrogens with zero attached hydrogens (tertiary/aromatic N) is 1. The van der Waals surface area contributed by atoms with Crippen molar-refractivity contribution in [2.24, 2.45) is 5.92 Å². The summed E-state index contributed by atoms with van der Waals surface area (Å²) in [5, 5.41) is 0. The zero-order valence-corrected chi connectivity index (χ0v) is 15.1. The Labute approximate surface area is 144 Å². The Morgan fingerprint density at radius 3 is 2.38 bits per heavy atom. The van der Waals surface area contributed by atoms with Gasteiger partial charge in [0.1, 0.15) is 5.73 Å². The van der Waals surface area contributed by atoms with E-state index < -0.39 is 18.3 Å². The zero-order chi connectivity index (χ0) is 17.4. The van der Waals surface area contributed by atoms with Crippen molar-refractivity contribution in [1.29, 1.82) is 0 Å². The number of allylic oxidation sites excluding steroid dienone is 1. The third-order valence-electron chi connectivity index (χ3n) is 5.75. The Morgan fingerprint density at radius 1 is 1.21 bits per heavy atom. The van der Waals surface area contributed by atoms with Gasteiger partial charge in [0.25, 0.3) is 0 Å². The molecule has 0 unspecified atom stereocenters. The Morgan fingerprint density at radius 2 is 1.83 bits per heavy atom. The van der Waals surface area contributed by atoms with Crippen LogP contribution in [-0.4, -0.2) is 23.3 Å². The molecule has 0 N–H and O–H groups in total. The van der Waals surface area contributed by atoms with Crippen LogP contribution >= 0.6 is 0 Å². The van der Waals surface area contributed by atoms with E-state index in [0.717, 1.165) is 37.7 Å². The number of rotatable bonds is 3. The standard InChI is InChI=1S/C19H27BFNO2/c1-18(2)19(3,4)24-20(23-18)17(21)16-9-7-14(8-10-16)12-15-6-5-11-22-13-15/h5-6,11,13-14H,7-10,12H2,1-4H3. The van der Waals surface area contributed by atoms with Crippen molar-refractivity contribution in [3.8, 4) is 0 Å². The quantitative estimate of drug-likeness (QED) is 0.754. The van der Waals surface area contributed by atoms with Crippen LogP contribution in [0, 0.1) is 5.92 Å². The van der Waals surface area contributed by atoms with E-state index in [2.05, 4.69) is 11.1 Å². The van der Waals surface area contributed by atoms with Crippen LogP contribution in [0.3, 0.4) is 0 Å². The molecule has 1 aromatic rings. The average Bonchev–Trinajstić information content (AvgIpc) is 2.76. The van der Waals surface area contributed by atoms with Crippen molar-refractivity contribution in [3.05, 3.63) is 41.4 Å². The lowest BCUT2D eigenvalue weighted by Crippen LogP contribution is -2.41. The maximum absolute atomic E-state index is 14.9.